The number of hydrogen-bond acceptors (Lipinski definition) is 1. The summed E-state index contributed by atoms with van der Waals surface area (Å²) in [6.45, 7) is -0.542. The lowest BCUT2D eigenvalue weighted by Crippen LogP contribution is -2.37. The first-order valence-electron chi connectivity index (χ1n) is 2.90. The average Bonchev–Trinajstić information content (AvgIpc) is 1.84. The summed E-state index contributed by atoms with van der Waals surface area (Å²) < 4.78 is 48.2. The van der Waals surface area contributed by atoms with Gasteiger partial charge < -0.3 is 5.11 Å². The molecule has 0 radical (unpaired) electrons. The van der Waals surface area contributed by atoms with Crippen molar-refractivity contribution < 1.29 is 22.7 Å². The predicted molar refractivity (Wildman–Crippen MR) is 48.3 cm³/mol. The largest absolute Gasteiger partial charge is 0.395 e. The van der Waals surface area contributed by atoms with Crippen LogP contribution in [-0.2, 0) is 0 Å². The fourth-order valence-electron chi connectivity index (χ4n) is 0.458. The molecule has 0 aromatic carbocycles. The lowest BCUT2D eigenvalue weighted by atomic mass is 10.2. The highest BCUT2D eigenvalue weighted by Gasteiger charge is 2.54. The van der Waals surface area contributed by atoms with E-state index in [2.05, 4.69) is 0 Å². The van der Waals surface area contributed by atoms with Crippen LogP contribution in [0.5, 0.6) is 0 Å². The minimum atomic E-state index is -4.21. The van der Waals surface area contributed by atoms with Crippen molar-refractivity contribution in [3.8, 4) is 0 Å². The highest BCUT2D eigenvalue weighted by atomic mass is 127. The summed E-state index contributed by atoms with van der Waals surface area (Å²) in [5.41, 5.74) is 0. The van der Waals surface area contributed by atoms with Gasteiger partial charge >= 0.3 is 10.8 Å². The molecule has 0 spiro atoms. The van der Waals surface area contributed by atoms with E-state index in [1.807, 2.05) is 0 Å². The van der Waals surface area contributed by atoms with Crippen LogP contribution in [0.4, 0.5) is 17.6 Å². The van der Waals surface area contributed by atoms with Crippen LogP contribution < -0.4 is 0 Å². The van der Waals surface area contributed by atoms with Gasteiger partial charge in [-0.05, 0) is 15.9 Å². The monoisotopic (exact) mass is 364 g/mol. The summed E-state index contributed by atoms with van der Waals surface area (Å²) in [5.74, 6) is -4.12. The van der Waals surface area contributed by atoms with E-state index in [4.69, 9.17) is 5.11 Å². The maximum absolute atomic E-state index is 12.5. The SMILES string of the molecule is OC[C@H](I)CC(F)(F)C(F)(F)Br. The van der Waals surface area contributed by atoms with Crippen molar-refractivity contribution >= 4 is 38.5 Å². The zero-order valence-corrected chi connectivity index (χ0v) is 9.45. The molecule has 12 heavy (non-hydrogen) atoms. The fraction of sp³-hybridized carbons (Fsp3) is 1.00. The van der Waals surface area contributed by atoms with E-state index < -0.39 is 27.7 Å². The highest BCUT2D eigenvalue weighted by Crippen LogP contribution is 2.43. The molecule has 0 saturated heterocycles. The highest BCUT2D eigenvalue weighted by molar-refractivity contribution is 14.1. The van der Waals surface area contributed by atoms with Gasteiger partial charge in [-0.2, -0.15) is 17.6 Å². The summed E-state index contributed by atoms with van der Waals surface area (Å²) >= 11 is 3.08. The molecule has 0 saturated carbocycles. The van der Waals surface area contributed by atoms with Gasteiger partial charge in [0.05, 0.1) is 6.61 Å². The second-order valence-electron chi connectivity index (χ2n) is 2.19. The zero-order chi connectivity index (χ0) is 9.99. The smallest absolute Gasteiger partial charge is 0.363 e. The average molecular weight is 365 g/mol. The molecule has 0 amide bonds. The molecule has 0 aromatic rings. The van der Waals surface area contributed by atoms with E-state index in [1.165, 1.54) is 22.6 Å². The fourth-order valence-corrected chi connectivity index (χ4v) is 1.17. The number of hydrogen-bond donors (Lipinski definition) is 1. The Morgan fingerprint density at radius 3 is 2.00 bits per heavy atom. The molecule has 7 heteroatoms. The van der Waals surface area contributed by atoms with Crippen molar-refractivity contribution in [2.24, 2.45) is 0 Å². The van der Waals surface area contributed by atoms with Crippen molar-refractivity contribution in [2.45, 2.75) is 21.1 Å². The van der Waals surface area contributed by atoms with Crippen LogP contribution in [0.1, 0.15) is 6.42 Å². The molecule has 1 N–H and O–H groups in total. The first-order chi connectivity index (χ1) is 5.20. The molecule has 0 aliphatic carbocycles. The van der Waals surface area contributed by atoms with Gasteiger partial charge in [-0.1, -0.05) is 22.6 Å². The summed E-state index contributed by atoms with van der Waals surface area (Å²) in [4.78, 5) is -4.21. The Hall–Kier alpha value is 0.890. The van der Waals surface area contributed by atoms with Crippen molar-refractivity contribution in [1.82, 2.24) is 0 Å². The Morgan fingerprint density at radius 1 is 1.33 bits per heavy atom. The second kappa shape index (κ2) is 4.41. The maximum atomic E-state index is 12.5. The number of aliphatic hydroxyl groups is 1. The molecule has 74 valence electrons. The molecule has 0 rings (SSSR count). The third kappa shape index (κ3) is 3.73. The van der Waals surface area contributed by atoms with Crippen molar-refractivity contribution in [3.05, 3.63) is 0 Å². The van der Waals surface area contributed by atoms with E-state index in [9.17, 15) is 17.6 Å². The second-order valence-corrected chi connectivity index (χ2v) is 4.94. The summed E-state index contributed by atoms with van der Waals surface area (Å²) in [7, 11) is 0. The lowest BCUT2D eigenvalue weighted by molar-refractivity contribution is -0.151. The van der Waals surface area contributed by atoms with Gasteiger partial charge in [0.15, 0.2) is 0 Å². The van der Waals surface area contributed by atoms with Crippen LogP contribution >= 0.6 is 38.5 Å². The standard InChI is InChI=1S/C5H6BrF4IO/c6-5(9,10)4(7,8)1-3(11)2-12/h3,12H,1-2H2/t3-/m1/s1. The summed E-state index contributed by atoms with van der Waals surface area (Å²) in [6, 6.07) is 0. The minimum absolute atomic E-state index is 0.542. The van der Waals surface area contributed by atoms with Gasteiger partial charge in [0.2, 0.25) is 0 Å². The van der Waals surface area contributed by atoms with E-state index in [-0.39, 0.29) is 0 Å². The van der Waals surface area contributed by atoms with E-state index >= 15 is 0 Å². The minimum Gasteiger partial charge on any atom is -0.395 e. The molecular weight excluding hydrogens is 359 g/mol. The Kier molecular flexibility index (Phi) is 4.73. The Bertz CT molecular complexity index is 149. The summed E-state index contributed by atoms with van der Waals surface area (Å²) in [6.07, 6.45) is -1.05. The predicted octanol–water partition coefficient (Wildman–Crippen LogP) is 2.80. The first kappa shape index (κ1) is 12.9. The topological polar surface area (TPSA) is 20.2 Å². The van der Waals surface area contributed by atoms with E-state index in [0.717, 1.165) is 0 Å². The van der Waals surface area contributed by atoms with E-state index in [0.29, 0.717) is 0 Å². The molecule has 0 aromatic heterocycles. The van der Waals surface area contributed by atoms with Crippen LogP contribution in [0.15, 0.2) is 0 Å². The van der Waals surface area contributed by atoms with E-state index in [1.54, 1.807) is 15.9 Å². The Labute approximate surface area is 88.8 Å². The summed E-state index contributed by atoms with van der Waals surface area (Å²) in [5, 5.41) is 8.36. The van der Waals surface area contributed by atoms with Crippen molar-refractivity contribution in [3.63, 3.8) is 0 Å². The van der Waals surface area contributed by atoms with Crippen LogP contribution in [0.25, 0.3) is 0 Å². The van der Waals surface area contributed by atoms with Gasteiger partial charge in [-0.15, -0.1) is 0 Å². The number of halogens is 6. The normalized spacial score (nSPS) is 16.2. The number of aliphatic hydroxyl groups excluding tert-OH is 1. The van der Waals surface area contributed by atoms with Gasteiger partial charge in [0, 0.05) is 10.3 Å². The van der Waals surface area contributed by atoms with Crippen molar-refractivity contribution in [1.29, 1.82) is 0 Å². The molecule has 0 bridgehead atoms. The van der Waals surface area contributed by atoms with Gasteiger partial charge in [-0.3, -0.25) is 0 Å². The molecular formula is C5H6BrF4IO. The van der Waals surface area contributed by atoms with Gasteiger partial charge in [0.1, 0.15) is 0 Å². The third-order valence-electron chi connectivity index (χ3n) is 1.09. The van der Waals surface area contributed by atoms with Crippen molar-refractivity contribution in [2.75, 3.05) is 6.61 Å². The zero-order valence-electron chi connectivity index (χ0n) is 5.71. The molecule has 1 nitrogen and oxygen atoms in total. The molecule has 0 unspecified atom stereocenters. The molecule has 0 heterocycles. The lowest BCUT2D eigenvalue weighted by Gasteiger charge is -2.22. The molecule has 0 aliphatic heterocycles. The maximum Gasteiger partial charge on any atom is 0.363 e. The molecule has 0 fully saturated rings. The quantitative estimate of drug-likeness (QED) is 0.462. The molecule has 0 aliphatic rings. The first-order valence-corrected chi connectivity index (χ1v) is 4.94. The van der Waals surface area contributed by atoms with Crippen LogP contribution in [-0.4, -0.2) is 26.4 Å². The Morgan fingerprint density at radius 2 is 1.75 bits per heavy atom. The van der Waals surface area contributed by atoms with Crippen LogP contribution in [0, 0.1) is 0 Å². The van der Waals surface area contributed by atoms with Gasteiger partial charge in [0.25, 0.3) is 0 Å². The van der Waals surface area contributed by atoms with Crippen LogP contribution in [0.2, 0.25) is 0 Å². The third-order valence-corrected chi connectivity index (χ3v) is 2.51. The van der Waals surface area contributed by atoms with Gasteiger partial charge in [-0.25, -0.2) is 0 Å². The Balaban J connectivity index is 4.22. The number of alkyl halides is 6. The number of rotatable bonds is 4. The van der Waals surface area contributed by atoms with Crippen LogP contribution in [0.3, 0.4) is 0 Å². The molecule has 1 atom stereocenters.